The Labute approximate surface area is 189 Å². The van der Waals surface area contributed by atoms with Crippen molar-refractivity contribution in [2.24, 2.45) is 0 Å². The van der Waals surface area contributed by atoms with E-state index in [2.05, 4.69) is 25.1 Å². The monoisotopic (exact) mass is 498 g/mol. The minimum Gasteiger partial charge on any atom is -0.320 e. The van der Waals surface area contributed by atoms with Gasteiger partial charge in [0.1, 0.15) is 12.1 Å². The third-order valence-electron chi connectivity index (χ3n) is 4.29. The van der Waals surface area contributed by atoms with Crippen LogP contribution in [-0.4, -0.2) is 28.2 Å². The van der Waals surface area contributed by atoms with E-state index >= 15 is 0 Å². The lowest BCUT2D eigenvalue weighted by atomic mass is 10.1. The normalized spacial score (nSPS) is 12.0. The summed E-state index contributed by atoms with van der Waals surface area (Å²) in [6.07, 6.45) is -1.76. The fraction of sp³-hybridized carbons (Fsp3) is 0.105. The Morgan fingerprint density at radius 1 is 1.09 bits per heavy atom. The molecule has 2 aromatic carbocycles. The number of nitrogens with one attached hydrogen (secondary N) is 2. The molecule has 4 rings (SSSR count). The van der Waals surface area contributed by atoms with Gasteiger partial charge in [-0.2, -0.15) is 13.2 Å². The first-order valence-electron chi connectivity index (χ1n) is 9.15. The van der Waals surface area contributed by atoms with Gasteiger partial charge in [0.2, 0.25) is 5.95 Å². The summed E-state index contributed by atoms with van der Waals surface area (Å²) in [5, 5.41) is 8.41. The zero-order valence-corrected chi connectivity index (χ0v) is 18.0. The molecule has 2 heterocycles. The number of thiazole rings is 1. The number of benzene rings is 2. The first-order chi connectivity index (χ1) is 15.6. The SMILES string of the molecule is O=S(=O)(Nc1nccs1)c1ccc(Nc2ncn(Cc3cccc(C(F)(F)F)c3)n2)c(F)c1. The molecule has 0 aliphatic carbocycles. The fourth-order valence-corrected chi connectivity index (χ4v) is 4.59. The third-order valence-corrected chi connectivity index (χ3v) is 6.44. The van der Waals surface area contributed by atoms with Crippen molar-refractivity contribution in [1.82, 2.24) is 19.7 Å². The Kier molecular flexibility index (Phi) is 6.03. The van der Waals surface area contributed by atoms with Crippen LogP contribution >= 0.6 is 11.3 Å². The van der Waals surface area contributed by atoms with E-state index in [-0.39, 0.29) is 28.2 Å². The molecule has 0 amide bonds. The highest BCUT2D eigenvalue weighted by Gasteiger charge is 2.30. The summed E-state index contributed by atoms with van der Waals surface area (Å²) < 4.78 is 81.3. The lowest BCUT2D eigenvalue weighted by Gasteiger charge is -2.09. The number of nitrogens with zero attached hydrogens (tertiary/aromatic N) is 4. The van der Waals surface area contributed by atoms with Gasteiger partial charge < -0.3 is 5.32 Å². The van der Waals surface area contributed by atoms with Gasteiger partial charge in [0.05, 0.1) is 22.7 Å². The molecule has 0 saturated carbocycles. The second-order valence-electron chi connectivity index (χ2n) is 6.67. The lowest BCUT2D eigenvalue weighted by Crippen LogP contribution is -2.13. The number of aromatic nitrogens is 4. The number of hydrogen-bond acceptors (Lipinski definition) is 7. The van der Waals surface area contributed by atoms with Crippen LogP contribution in [0.1, 0.15) is 11.1 Å². The van der Waals surface area contributed by atoms with Gasteiger partial charge in [-0.25, -0.2) is 27.5 Å². The van der Waals surface area contributed by atoms with Crippen molar-refractivity contribution in [1.29, 1.82) is 0 Å². The Hall–Kier alpha value is -3.52. The molecule has 2 N–H and O–H groups in total. The summed E-state index contributed by atoms with van der Waals surface area (Å²) in [6, 6.07) is 8.02. The van der Waals surface area contributed by atoms with Gasteiger partial charge in [-0.3, -0.25) is 4.72 Å². The van der Waals surface area contributed by atoms with Crippen molar-refractivity contribution >= 4 is 38.1 Å². The van der Waals surface area contributed by atoms with Gasteiger partial charge in [0.25, 0.3) is 10.0 Å². The zero-order valence-electron chi connectivity index (χ0n) is 16.4. The summed E-state index contributed by atoms with van der Waals surface area (Å²) in [6.45, 7) is 0.0146. The molecule has 4 aromatic rings. The number of hydrogen-bond donors (Lipinski definition) is 2. The van der Waals surface area contributed by atoms with Gasteiger partial charge in [0.15, 0.2) is 5.13 Å². The molecule has 0 spiro atoms. The molecule has 0 aliphatic heterocycles. The molecule has 0 bridgehead atoms. The summed E-state index contributed by atoms with van der Waals surface area (Å²) in [7, 11) is -4.03. The highest BCUT2D eigenvalue weighted by molar-refractivity contribution is 7.93. The van der Waals surface area contributed by atoms with Crippen LogP contribution in [0.5, 0.6) is 0 Å². The molecule has 0 unspecified atom stereocenters. The molecule has 0 atom stereocenters. The number of rotatable bonds is 7. The van der Waals surface area contributed by atoms with Gasteiger partial charge >= 0.3 is 6.18 Å². The Balaban J connectivity index is 1.46. The van der Waals surface area contributed by atoms with Gasteiger partial charge in [-0.05, 0) is 35.9 Å². The number of anilines is 3. The second-order valence-corrected chi connectivity index (χ2v) is 9.25. The molecular formula is C19H14F4N6O2S2. The largest absolute Gasteiger partial charge is 0.416 e. The van der Waals surface area contributed by atoms with E-state index in [1.807, 2.05) is 0 Å². The van der Waals surface area contributed by atoms with Crippen LogP contribution in [0, 0.1) is 5.82 Å². The van der Waals surface area contributed by atoms with Crippen LogP contribution in [-0.2, 0) is 22.7 Å². The molecule has 0 fully saturated rings. The Morgan fingerprint density at radius 3 is 2.61 bits per heavy atom. The quantitative estimate of drug-likeness (QED) is 0.364. The Morgan fingerprint density at radius 2 is 1.91 bits per heavy atom. The molecule has 172 valence electrons. The van der Waals surface area contributed by atoms with E-state index in [4.69, 9.17) is 0 Å². The zero-order chi connectivity index (χ0) is 23.6. The molecule has 0 saturated heterocycles. The minimum atomic E-state index is -4.46. The van der Waals surface area contributed by atoms with Gasteiger partial charge in [-0.1, -0.05) is 12.1 Å². The lowest BCUT2D eigenvalue weighted by molar-refractivity contribution is -0.137. The molecular weight excluding hydrogens is 484 g/mol. The van der Waals surface area contributed by atoms with Crippen LogP contribution in [0.3, 0.4) is 0 Å². The summed E-state index contributed by atoms with van der Waals surface area (Å²) in [5.74, 6) is -0.886. The van der Waals surface area contributed by atoms with E-state index in [1.165, 1.54) is 41.5 Å². The number of sulfonamides is 1. The van der Waals surface area contributed by atoms with Crippen LogP contribution in [0.4, 0.5) is 34.3 Å². The minimum absolute atomic E-state index is 0.0146. The van der Waals surface area contributed by atoms with Gasteiger partial charge in [-0.15, -0.1) is 16.4 Å². The van der Waals surface area contributed by atoms with Crippen LogP contribution in [0.2, 0.25) is 0 Å². The predicted molar refractivity (Wildman–Crippen MR) is 113 cm³/mol. The average molecular weight is 498 g/mol. The van der Waals surface area contributed by atoms with E-state index in [9.17, 15) is 26.0 Å². The smallest absolute Gasteiger partial charge is 0.320 e. The topological polar surface area (TPSA) is 102 Å². The molecule has 8 nitrogen and oxygen atoms in total. The molecule has 33 heavy (non-hydrogen) atoms. The van der Waals surface area contributed by atoms with E-state index in [0.717, 1.165) is 29.5 Å². The maximum Gasteiger partial charge on any atom is 0.416 e. The highest BCUT2D eigenvalue weighted by Crippen LogP contribution is 2.29. The average Bonchev–Trinajstić information content (AvgIpc) is 3.41. The maximum absolute atomic E-state index is 14.5. The predicted octanol–water partition coefficient (Wildman–Crippen LogP) is 4.49. The van der Waals surface area contributed by atoms with E-state index < -0.39 is 27.6 Å². The van der Waals surface area contributed by atoms with Crippen molar-refractivity contribution in [3.8, 4) is 0 Å². The maximum atomic E-state index is 14.5. The van der Waals surface area contributed by atoms with Crippen LogP contribution in [0.25, 0.3) is 0 Å². The summed E-state index contributed by atoms with van der Waals surface area (Å²) >= 11 is 1.08. The second kappa shape index (κ2) is 8.78. The first kappa shape index (κ1) is 22.7. The fourth-order valence-electron chi connectivity index (χ4n) is 2.79. The molecule has 2 aromatic heterocycles. The van der Waals surface area contributed by atoms with E-state index in [1.54, 1.807) is 5.38 Å². The van der Waals surface area contributed by atoms with Crippen molar-refractivity contribution < 1.29 is 26.0 Å². The van der Waals surface area contributed by atoms with Crippen LogP contribution < -0.4 is 10.0 Å². The third kappa shape index (κ3) is 5.46. The van der Waals surface area contributed by atoms with Crippen molar-refractivity contribution in [2.45, 2.75) is 17.6 Å². The summed E-state index contributed by atoms with van der Waals surface area (Å²) in [5.41, 5.74) is -0.505. The molecule has 0 aliphatic rings. The van der Waals surface area contributed by atoms with Crippen molar-refractivity contribution in [3.63, 3.8) is 0 Å². The number of alkyl halides is 3. The van der Waals surface area contributed by atoms with Crippen LogP contribution in [0.15, 0.2) is 65.3 Å². The van der Waals surface area contributed by atoms with Crippen molar-refractivity contribution in [2.75, 3.05) is 10.0 Å². The van der Waals surface area contributed by atoms with Crippen molar-refractivity contribution in [3.05, 3.63) is 77.3 Å². The Bertz CT molecular complexity index is 1370. The highest BCUT2D eigenvalue weighted by atomic mass is 32.2. The molecule has 0 radical (unpaired) electrons. The first-order valence-corrected chi connectivity index (χ1v) is 11.5. The molecule has 14 heteroatoms. The van der Waals surface area contributed by atoms with Gasteiger partial charge in [0, 0.05) is 11.6 Å². The standard InChI is InChI=1S/C19H14F4N6O2S2/c20-15-9-14(33(30,31)28-18-24-6-7-32-18)4-5-16(15)26-17-25-11-29(27-17)10-12-2-1-3-13(8-12)19(21,22)23/h1-9,11H,10H2,(H,24,28)(H,26,27). The summed E-state index contributed by atoms with van der Waals surface area (Å²) in [4.78, 5) is 7.47. The van der Waals surface area contributed by atoms with E-state index in [0.29, 0.717) is 5.56 Å². The number of halogens is 4.